The Bertz CT molecular complexity index is 184. The first kappa shape index (κ1) is 13.3. The maximum absolute atomic E-state index is 5.94. The van der Waals surface area contributed by atoms with Gasteiger partial charge in [-0.15, -0.1) is 0 Å². The SMILES string of the molecule is CSCCC(C)NCC1CCC(C)(C)O1. The molecule has 15 heavy (non-hydrogen) atoms. The Kier molecular flexibility index (Phi) is 5.44. The van der Waals surface area contributed by atoms with Crippen LogP contribution in [0.4, 0.5) is 0 Å². The first-order chi connectivity index (χ1) is 7.03. The second-order valence-electron chi connectivity index (χ2n) is 5.13. The van der Waals surface area contributed by atoms with Gasteiger partial charge in [0, 0.05) is 12.6 Å². The van der Waals surface area contributed by atoms with Crippen molar-refractivity contribution in [2.24, 2.45) is 0 Å². The van der Waals surface area contributed by atoms with Crippen LogP contribution < -0.4 is 5.32 Å². The van der Waals surface area contributed by atoms with Crippen LogP contribution in [0.25, 0.3) is 0 Å². The molecule has 2 atom stereocenters. The molecule has 0 aromatic rings. The fourth-order valence-electron chi connectivity index (χ4n) is 1.95. The predicted molar refractivity (Wildman–Crippen MR) is 68.6 cm³/mol. The molecule has 1 fully saturated rings. The largest absolute Gasteiger partial charge is 0.371 e. The fraction of sp³-hybridized carbons (Fsp3) is 1.00. The van der Waals surface area contributed by atoms with Crippen LogP contribution in [0.2, 0.25) is 0 Å². The van der Waals surface area contributed by atoms with Gasteiger partial charge in [-0.3, -0.25) is 0 Å². The molecule has 0 amide bonds. The lowest BCUT2D eigenvalue weighted by Gasteiger charge is -2.21. The molecular formula is C12H25NOS. The van der Waals surface area contributed by atoms with E-state index in [1.807, 2.05) is 11.8 Å². The van der Waals surface area contributed by atoms with Crippen LogP contribution in [0.1, 0.15) is 40.0 Å². The van der Waals surface area contributed by atoms with Crippen molar-refractivity contribution in [3.05, 3.63) is 0 Å². The summed E-state index contributed by atoms with van der Waals surface area (Å²) in [6.45, 7) is 7.64. The third kappa shape index (κ3) is 5.23. The Hall–Kier alpha value is 0.270. The van der Waals surface area contributed by atoms with Crippen LogP contribution in [-0.4, -0.2) is 36.3 Å². The van der Waals surface area contributed by atoms with Crippen LogP contribution in [0, 0.1) is 0 Å². The van der Waals surface area contributed by atoms with Gasteiger partial charge in [-0.05, 0) is 52.0 Å². The van der Waals surface area contributed by atoms with Crippen LogP contribution in [0.3, 0.4) is 0 Å². The third-order valence-electron chi connectivity index (χ3n) is 3.00. The summed E-state index contributed by atoms with van der Waals surface area (Å²) in [6.07, 6.45) is 6.23. The second kappa shape index (κ2) is 6.12. The highest BCUT2D eigenvalue weighted by Crippen LogP contribution is 2.28. The van der Waals surface area contributed by atoms with Crippen molar-refractivity contribution in [3.63, 3.8) is 0 Å². The summed E-state index contributed by atoms with van der Waals surface area (Å²) < 4.78 is 5.94. The lowest BCUT2D eigenvalue weighted by atomic mass is 10.1. The van der Waals surface area contributed by atoms with Gasteiger partial charge in [0.1, 0.15) is 0 Å². The van der Waals surface area contributed by atoms with E-state index in [1.165, 1.54) is 25.0 Å². The molecule has 0 radical (unpaired) electrons. The lowest BCUT2D eigenvalue weighted by Crippen LogP contribution is -2.35. The highest BCUT2D eigenvalue weighted by molar-refractivity contribution is 7.98. The van der Waals surface area contributed by atoms with Gasteiger partial charge in [0.05, 0.1) is 11.7 Å². The Balaban J connectivity index is 2.10. The lowest BCUT2D eigenvalue weighted by molar-refractivity contribution is -0.0150. The molecule has 0 aromatic carbocycles. The van der Waals surface area contributed by atoms with Gasteiger partial charge >= 0.3 is 0 Å². The van der Waals surface area contributed by atoms with E-state index in [0.29, 0.717) is 12.1 Å². The molecule has 0 saturated carbocycles. The highest BCUT2D eigenvalue weighted by atomic mass is 32.2. The standard InChI is InChI=1S/C12H25NOS/c1-10(6-8-15-4)13-9-11-5-7-12(2,3)14-11/h10-11,13H,5-9H2,1-4H3. The Morgan fingerprint density at radius 3 is 2.80 bits per heavy atom. The molecule has 90 valence electrons. The minimum atomic E-state index is 0.106. The summed E-state index contributed by atoms with van der Waals surface area (Å²) in [5, 5.41) is 3.56. The Morgan fingerprint density at radius 1 is 1.53 bits per heavy atom. The van der Waals surface area contributed by atoms with Crippen LogP contribution >= 0.6 is 11.8 Å². The van der Waals surface area contributed by atoms with E-state index < -0.39 is 0 Å². The van der Waals surface area contributed by atoms with E-state index in [2.05, 4.69) is 32.3 Å². The quantitative estimate of drug-likeness (QED) is 0.759. The molecular weight excluding hydrogens is 206 g/mol. The summed E-state index contributed by atoms with van der Waals surface area (Å²) in [4.78, 5) is 0. The van der Waals surface area contributed by atoms with Crippen molar-refractivity contribution in [2.75, 3.05) is 18.6 Å². The number of rotatable bonds is 6. The summed E-state index contributed by atoms with van der Waals surface area (Å²) in [7, 11) is 0. The summed E-state index contributed by atoms with van der Waals surface area (Å²) in [5.74, 6) is 1.24. The van der Waals surface area contributed by atoms with E-state index in [4.69, 9.17) is 4.74 Å². The monoisotopic (exact) mass is 231 g/mol. The molecule has 1 saturated heterocycles. The molecule has 0 aromatic heterocycles. The molecule has 0 bridgehead atoms. The van der Waals surface area contributed by atoms with E-state index in [1.54, 1.807) is 0 Å². The number of hydrogen-bond donors (Lipinski definition) is 1. The van der Waals surface area contributed by atoms with Crippen molar-refractivity contribution >= 4 is 11.8 Å². The number of ether oxygens (including phenoxy) is 1. The molecule has 1 aliphatic rings. The molecule has 1 heterocycles. The minimum Gasteiger partial charge on any atom is -0.371 e. The molecule has 1 rings (SSSR count). The number of nitrogens with one attached hydrogen (secondary N) is 1. The van der Waals surface area contributed by atoms with Crippen LogP contribution in [0.5, 0.6) is 0 Å². The van der Waals surface area contributed by atoms with Crippen molar-refractivity contribution in [1.29, 1.82) is 0 Å². The minimum absolute atomic E-state index is 0.106. The predicted octanol–water partition coefficient (Wildman–Crippen LogP) is 2.68. The Labute approximate surface area is 98.5 Å². The summed E-state index contributed by atoms with van der Waals surface area (Å²) in [5.41, 5.74) is 0.106. The van der Waals surface area contributed by atoms with E-state index in [0.717, 1.165) is 6.54 Å². The number of hydrogen-bond acceptors (Lipinski definition) is 3. The molecule has 0 aliphatic carbocycles. The smallest absolute Gasteiger partial charge is 0.0707 e. The van der Waals surface area contributed by atoms with Gasteiger partial charge < -0.3 is 10.1 Å². The van der Waals surface area contributed by atoms with Gasteiger partial charge in [-0.25, -0.2) is 0 Å². The Morgan fingerprint density at radius 2 is 2.27 bits per heavy atom. The average molecular weight is 231 g/mol. The van der Waals surface area contributed by atoms with Gasteiger partial charge in [-0.2, -0.15) is 11.8 Å². The van der Waals surface area contributed by atoms with Crippen molar-refractivity contribution in [1.82, 2.24) is 5.32 Å². The van der Waals surface area contributed by atoms with Crippen LogP contribution in [-0.2, 0) is 4.74 Å². The van der Waals surface area contributed by atoms with Crippen molar-refractivity contribution in [2.45, 2.75) is 57.8 Å². The maximum Gasteiger partial charge on any atom is 0.0707 e. The van der Waals surface area contributed by atoms with Gasteiger partial charge in [0.15, 0.2) is 0 Å². The topological polar surface area (TPSA) is 21.3 Å². The second-order valence-corrected chi connectivity index (χ2v) is 6.11. The average Bonchev–Trinajstić information content (AvgIpc) is 2.52. The molecule has 2 nitrogen and oxygen atoms in total. The maximum atomic E-state index is 5.94. The van der Waals surface area contributed by atoms with Gasteiger partial charge in [-0.1, -0.05) is 0 Å². The number of thioether (sulfide) groups is 1. The fourth-order valence-corrected chi connectivity index (χ4v) is 2.54. The van der Waals surface area contributed by atoms with Crippen molar-refractivity contribution in [3.8, 4) is 0 Å². The summed E-state index contributed by atoms with van der Waals surface area (Å²) in [6, 6.07) is 0.616. The zero-order chi connectivity index (χ0) is 11.3. The molecule has 1 N–H and O–H groups in total. The van der Waals surface area contributed by atoms with Crippen molar-refractivity contribution < 1.29 is 4.74 Å². The summed E-state index contributed by atoms with van der Waals surface area (Å²) >= 11 is 1.92. The van der Waals surface area contributed by atoms with Gasteiger partial charge in [0.25, 0.3) is 0 Å². The molecule has 1 aliphatic heterocycles. The molecule has 0 spiro atoms. The first-order valence-corrected chi connectivity index (χ1v) is 7.33. The zero-order valence-electron chi connectivity index (χ0n) is 10.5. The normalized spacial score (nSPS) is 26.8. The van der Waals surface area contributed by atoms with E-state index in [-0.39, 0.29) is 5.60 Å². The zero-order valence-corrected chi connectivity index (χ0v) is 11.3. The molecule has 2 unspecified atom stereocenters. The van der Waals surface area contributed by atoms with E-state index >= 15 is 0 Å². The highest BCUT2D eigenvalue weighted by Gasteiger charge is 2.31. The van der Waals surface area contributed by atoms with Crippen LogP contribution in [0.15, 0.2) is 0 Å². The van der Waals surface area contributed by atoms with Gasteiger partial charge in [0.2, 0.25) is 0 Å². The third-order valence-corrected chi connectivity index (χ3v) is 3.65. The molecule has 3 heteroatoms. The van der Waals surface area contributed by atoms with E-state index in [9.17, 15) is 0 Å². The first-order valence-electron chi connectivity index (χ1n) is 5.93.